The van der Waals surface area contributed by atoms with Crippen molar-refractivity contribution in [2.24, 2.45) is 5.92 Å². The van der Waals surface area contributed by atoms with E-state index in [1.807, 2.05) is 23.9 Å². The molecule has 3 N–H and O–H groups in total. The van der Waals surface area contributed by atoms with E-state index >= 15 is 0 Å². The van der Waals surface area contributed by atoms with Crippen molar-refractivity contribution in [2.45, 2.75) is 55.6 Å². The van der Waals surface area contributed by atoms with E-state index in [4.69, 9.17) is 9.47 Å². The Labute approximate surface area is 171 Å². The fourth-order valence-electron chi connectivity index (χ4n) is 4.47. The number of ether oxygens (including phenoxy) is 2. The predicted molar refractivity (Wildman–Crippen MR) is 113 cm³/mol. The van der Waals surface area contributed by atoms with Crippen LogP contribution in [0.3, 0.4) is 0 Å². The normalized spacial score (nSPS) is 31.0. The summed E-state index contributed by atoms with van der Waals surface area (Å²) in [6, 6.07) is 8.70. The van der Waals surface area contributed by atoms with Gasteiger partial charge in [-0.25, -0.2) is 0 Å². The number of fused-ring (bicyclic) bond motifs is 1. The lowest BCUT2D eigenvalue weighted by molar-refractivity contribution is -0.130. The van der Waals surface area contributed by atoms with Crippen LogP contribution in [0.25, 0.3) is 0 Å². The first kappa shape index (κ1) is 19.9. The topological polar surface area (TPSA) is 71.6 Å². The van der Waals surface area contributed by atoms with Gasteiger partial charge in [-0.2, -0.15) is 11.8 Å². The van der Waals surface area contributed by atoms with Crippen LogP contribution < -0.4 is 20.7 Å². The molecule has 2 heterocycles. The Balaban J connectivity index is 1.29. The zero-order chi connectivity index (χ0) is 19.3. The van der Waals surface area contributed by atoms with Crippen molar-refractivity contribution in [3.63, 3.8) is 0 Å². The van der Waals surface area contributed by atoms with Crippen molar-refractivity contribution < 1.29 is 14.3 Å². The number of anilines is 1. The molecule has 0 spiro atoms. The lowest BCUT2D eigenvalue weighted by Gasteiger charge is -2.43. The highest BCUT2D eigenvalue weighted by molar-refractivity contribution is 7.99. The molecule has 28 heavy (non-hydrogen) atoms. The van der Waals surface area contributed by atoms with Crippen molar-refractivity contribution in [2.75, 3.05) is 31.4 Å². The smallest absolute Gasteiger partial charge is 0.225 e. The Bertz CT molecular complexity index is 651. The number of nitrogens with one attached hydrogen (secondary N) is 3. The van der Waals surface area contributed by atoms with Gasteiger partial charge in [-0.1, -0.05) is 0 Å². The summed E-state index contributed by atoms with van der Waals surface area (Å²) >= 11 is 1.97. The zero-order valence-corrected chi connectivity index (χ0v) is 17.3. The second kappa shape index (κ2) is 9.37. The van der Waals surface area contributed by atoms with E-state index in [-0.39, 0.29) is 24.0 Å². The first-order chi connectivity index (χ1) is 13.7. The second-order valence-electron chi connectivity index (χ2n) is 7.97. The van der Waals surface area contributed by atoms with E-state index in [9.17, 15) is 4.79 Å². The van der Waals surface area contributed by atoms with E-state index in [0.29, 0.717) is 11.3 Å². The Morgan fingerprint density at radius 3 is 2.71 bits per heavy atom. The molecule has 0 aromatic heterocycles. The summed E-state index contributed by atoms with van der Waals surface area (Å²) in [5, 5.41) is 11.2. The van der Waals surface area contributed by atoms with Gasteiger partial charge in [0, 0.05) is 42.0 Å². The van der Waals surface area contributed by atoms with Crippen LogP contribution in [0.5, 0.6) is 5.75 Å². The quantitative estimate of drug-likeness (QED) is 0.676. The van der Waals surface area contributed by atoms with Crippen LogP contribution >= 0.6 is 11.8 Å². The van der Waals surface area contributed by atoms with Gasteiger partial charge in [0.15, 0.2) is 0 Å². The van der Waals surface area contributed by atoms with Gasteiger partial charge in [-0.15, -0.1) is 0 Å². The summed E-state index contributed by atoms with van der Waals surface area (Å²) in [5.74, 6) is 2.11. The van der Waals surface area contributed by atoms with Crippen molar-refractivity contribution in [3.05, 3.63) is 24.3 Å². The summed E-state index contributed by atoms with van der Waals surface area (Å²) in [4.78, 5) is 12.6. The molecular formula is C21H31N3O3S. The number of carbonyl (C=O) groups is 1. The summed E-state index contributed by atoms with van der Waals surface area (Å²) in [6.45, 7) is 1.73. The molecule has 0 bridgehead atoms. The highest BCUT2D eigenvalue weighted by Crippen LogP contribution is 2.31. The van der Waals surface area contributed by atoms with E-state index in [1.165, 1.54) is 0 Å². The van der Waals surface area contributed by atoms with Gasteiger partial charge in [0.25, 0.3) is 0 Å². The van der Waals surface area contributed by atoms with Crippen molar-refractivity contribution in [1.82, 2.24) is 10.6 Å². The van der Waals surface area contributed by atoms with E-state index in [1.54, 1.807) is 7.11 Å². The maximum atomic E-state index is 12.6. The molecule has 7 heteroatoms. The Morgan fingerprint density at radius 1 is 1.18 bits per heavy atom. The molecule has 1 aromatic carbocycles. The fourth-order valence-corrected chi connectivity index (χ4v) is 5.64. The van der Waals surface area contributed by atoms with Crippen LogP contribution in [0.15, 0.2) is 24.3 Å². The minimum Gasteiger partial charge on any atom is -0.497 e. The Kier molecular flexibility index (Phi) is 6.65. The molecule has 2 saturated heterocycles. The van der Waals surface area contributed by atoms with Crippen LogP contribution in [0.1, 0.15) is 32.1 Å². The lowest BCUT2D eigenvalue weighted by Crippen LogP contribution is -2.64. The maximum absolute atomic E-state index is 12.6. The Morgan fingerprint density at radius 2 is 1.96 bits per heavy atom. The number of thioether (sulfide) groups is 1. The largest absolute Gasteiger partial charge is 0.497 e. The molecule has 4 atom stereocenters. The van der Waals surface area contributed by atoms with Gasteiger partial charge in [-0.3, -0.25) is 10.1 Å². The monoisotopic (exact) mass is 405 g/mol. The van der Waals surface area contributed by atoms with Gasteiger partial charge in [0.1, 0.15) is 5.75 Å². The Hall–Kier alpha value is -1.44. The third kappa shape index (κ3) is 4.93. The van der Waals surface area contributed by atoms with Gasteiger partial charge >= 0.3 is 0 Å². The van der Waals surface area contributed by atoms with E-state index in [0.717, 1.165) is 62.5 Å². The first-order valence-electron chi connectivity index (χ1n) is 10.4. The van der Waals surface area contributed by atoms with Gasteiger partial charge in [-0.05, 0) is 56.4 Å². The number of amides is 1. The van der Waals surface area contributed by atoms with E-state index in [2.05, 4.69) is 28.1 Å². The average Bonchev–Trinajstić information content (AvgIpc) is 2.73. The zero-order valence-electron chi connectivity index (χ0n) is 16.5. The molecule has 6 nitrogen and oxygen atoms in total. The third-order valence-corrected chi connectivity index (χ3v) is 7.52. The van der Waals surface area contributed by atoms with Gasteiger partial charge in [0.2, 0.25) is 5.91 Å². The number of rotatable bonds is 6. The number of hydrogen-bond acceptors (Lipinski definition) is 6. The van der Waals surface area contributed by atoms with Crippen molar-refractivity contribution in [3.8, 4) is 5.75 Å². The number of hydrogen-bond donors (Lipinski definition) is 3. The highest BCUT2D eigenvalue weighted by atomic mass is 32.2. The van der Waals surface area contributed by atoms with Gasteiger partial charge in [0.05, 0.1) is 19.2 Å². The van der Waals surface area contributed by atoms with Crippen LogP contribution in [-0.4, -0.2) is 55.5 Å². The molecule has 0 radical (unpaired) electrons. The number of benzene rings is 1. The SMILES string of the molecule is COc1ccc(NC2CCC3C(=O)NC(CSC4CCOCC4)NC3C2)cc1. The molecule has 1 aliphatic carbocycles. The molecule has 1 aromatic rings. The third-order valence-electron chi connectivity index (χ3n) is 6.05. The summed E-state index contributed by atoms with van der Waals surface area (Å²) in [6.07, 6.45) is 5.22. The van der Waals surface area contributed by atoms with Crippen molar-refractivity contribution in [1.29, 1.82) is 0 Å². The minimum atomic E-state index is 0.0707. The van der Waals surface area contributed by atoms with Crippen LogP contribution in [-0.2, 0) is 9.53 Å². The molecule has 1 saturated carbocycles. The van der Waals surface area contributed by atoms with Crippen molar-refractivity contribution >= 4 is 23.4 Å². The standard InChI is InChI=1S/C21H31N3O3S/c1-26-16-5-2-14(3-6-16)22-15-4-7-18-19(12-15)23-20(24-21(18)25)13-28-17-8-10-27-11-9-17/h2-3,5-6,15,17-20,22-23H,4,7-13H2,1H3,(H,24,25). The predicted octanol–water partition coefficient (Wildman–Crippen LogP) is 2.60. The molecule has 154 valence electrons. The molecule has 3 aliphatic rings. The second-order valence-corrected chi connectivity index (χ2v) is 9.30. The number of methoxy groups -OCH3 is 1. The molecule has 2 aliphatic heterocycles. The minimum absolute atomic E-state index is 0.0707. The molecular weight excluding hydrogens is 374 g/mol. The maximum Gasteiger partial charge on any atom is 0.225 e. The summed E-state index contributed by atoms with van der Waals surface area (Å²) in [5.41, 5.74) is 1.11. The van der Waals surface area contributed by atoms with Crippen LogP contribution in [0, 0.1) is 5.92 Å². The molecule has 1 amide bonds. The summed E-state index contributed by atoms with van der Waals surface area (Å²) in [7, 11) is 1.68. The van der Waals surface area contributed by atoms with Gasteiger partial charge < -0.3 is 20.1 Å². The average molecular weight is 406 g/mol. The number of carbonyl (C=O) groups excluding carboxylic acids is 1. The van der Waals surface area contributed by atoms with Crippen LogP contribution in [0.4, 0.5) is 5.69 Å². The highest BCUT2D eigenvalue weighted by Gasteiger charge is 2.40. The molecule has 3 fully saturated rings. The summed E-state index contributed by atoms with van der Waals surface area (Å²) < 4.78 is 10.7. The lowest BCUT2D eigenvalue weighted by atomic mass is 9.79. The fraction of sp³-hybridized carbons (Fsp3) is 0.667. The van der Waals surface area contributed by atoms with E-state index < -0.39 is 0 Å². The van der Waals surface area contributed by atoms with Crippen LogP contribution in [0.2, 0.25) is 0 Å². The molecule has 4 unspecified atom stereocenters. The first-order valence-corrected chi connectivity index (χ1v) is 11.4. The molecule has 4 rings (SSSR count).